The van der Waals surface area contributed by atoms with Crippen molar-refractivity contribution in [2.45, 2.75) is 26.7 Å². The van der Waals surface area contributed by atoms with Crippen LogP contribution >= 0.6 is 45.3 Å². The van der Waals surface area contributed by atoms with Crippen molar-refractivity contribution in [2.24, 2.45) is 5.41 Å². The molecule has 0 bridgehead atoms. The van der Waals surface area contributed by atoms with Crippen LogP contribution in [0.2, 0.25) is 0 Å². The zero-order valence-electron chi connectivity index (χ0n) is 23.8. The Balaban J connectivity index is 0.000000592. The molecule has 41 heavy (non-hydrogen) atoms. The molecule has 2 N–H and O–H groups in total. The fourth-order valence-electron chi connectivity index (χ4n) is 3.25. The minimum Gasteiger partial charge on any atom is -0.545 e. The van der Waals surface area contributed by atoms with Gasteiger partial charge < -0.3 is 40.0 Å². The summed E-state index contributed by atoms with van der Waals surface area (Å²) in [7, 11) is 3.41. The van der Waals surface area contributed by atoms with E-state index in [2.05, 4.69) is 10.6 Å². The molecule has 0 aliphatic heterocycles. The van der Waals surface area contributed by atoms with Gasteiger partial charge in [-0.15, -0.1) is 45.3 Å². The number of carbonyl (C=O) groups is 4. The van der Waals surface area contributed by atoms with Crippen LogP contribution in [-0.4, -0.2) is 38.6 Å². The van der Waals surface area contributed by atoms with Gasteiger partial charge in [-0.2, -0.15) is 0 Å². The van der Waals surface area contributed by atoms with Crippen LogP contribution in [0.3, 0.4) is 0 Å². The number of carboxylic acid groups (broad SMARTS) is 2. The summed E-state index contributed by atoms with van der Waals surface area (Å²) in [6, 6.07) is 7.60. The fraction of sp³-hybridized carbons (Fsp3) is 0.259. The fourth-order valence-corrected chi connectivity index (χ4v) is 6.72. The number of aldehydes is 2. The molecule has 0 aromatic carbocycles. The number of hydrogen-bond donors (Lipinski definition) is 2. The van der Waals surface area contributed by atoms with Crippen molar-refractivity contribution in [3.8, 4) is 20.9 Å². The van der Waals surface area contributed by atoms with E-state index in [-0.39, 0.29) is 75.7 Å². The number of nitrogens with one attached hydrogen (secondary N) is 2. The van der Waals surface area contributed by atoms with Crippen LogP contribution in [0.4, 0.5) is 10.0 Å². The molecule has 0 aliphatic carbocycles. The monoisotopic (exact) mass is 650 g/mol. The molecule has 4 rings (SSSR count). The summed E-state index contributed by atoms with van der Waals surface area (Å²) in [5, 5.41) is 36.5. The maximum atomic E-state index is 11.0. The second-order valence-electron chi connectivity index (χ2n) is 8.64. The predicted molar refractivity (Wildman–Crippen MR) is 158 cm³/mol. The Kier molecular flexibility index (Phi) is 19.2. The molecule has 4 aromatic rings. The molecule has 0 fully saturated rings. The summed E-state index contributed by atoms with van der Waals surface area (Å²) in [4.78, 5) is 43.9. The number of carbonyl (C=O) groups excluding carboxylic acids is 4. The molecule has 4 aromatic heterocycles. The van der Waals surface area contributed by atoms with E-state index in [9.17, 15) is 29.4 Å². The zero-order chi connectivity index (χ0) is 29.0. The standard InChI is InChI=1S/2C10H9NO2S2.C7H12O2.2Na/c2*1-11-9-8(10(12)13)6(5-15-9)7-3-2-4-14-7;1-7(2,3-5-8)4-6-9;;/h2*2-5,11H,1H3,(H,12,13);5-6H,3-4H2,1-2H3;;/q;;;2*+1/p-2. The summed E-state index contributed by atoms with van der Waals surface area (Å²) >= 11 is 5.79. The van der Waals surface area contributed by atoms with Gasteiger partial charge in [-0.05, 0) is 28.3 Å². The first-order chi connectivity index (χ1) is 18.6. The maximum absolute atomic E-state index is 11.0. The van der Waals surface area contributed by atoms with Gasteiger partial charge in [0.15, 0.2) is 0 Å². The summed E-state index contributed by atoms with van der Waals surface area (Å²) in [5.41, 5.74) is 1.84. The van der Waals surface area contributed by atoms with Crippen LogP contribution in [0.1, 0.15) is 47.4 Å². The van der Waals surface area contributed by atoms with Crippen LogP contribution < -0.4 is 80.0 Å². The van der Waals surface area contributed by atoms with E-state index in [1.54, 1.807) is 14.1 Å². The topological polar surface area (TPSA) is 138 Å². The minimum atomic E-state index is -1.14. The molecule has 0 atom stereocenters. The number of aromatic carboxylic acids is 2. The summed E-state index contributed by atoms with van der Waals surface area (Å²) < 4.78 is 0. The van der Waals surface area contributed by atoms with Gasteiger partial charge in [0.1, 0.15) is 12.6 Å². The van der Waals surface area contributed by atoms with Gasteiger partial charge in [-0.1, -0.05) is 26.0 Å². The number of carboxylic acids is 2. The van der Waals surface area contributed by atoms with E-state index >= 15 is 0 Å². The Hall–Kier alpha value is -1.32. The van der Waals surface area contributed by atoms with Crippen LogP contribution in [0, 0.1) is 5.41 Å². The van der Waals surface area contributed by atoms with E-state index in [4.69, 9.17) is 0 Å². The van der Waals surface area contributed by atoms with Crippen LogP contribution in [0.5, 0.6) is 0 Å². The zero-order valence-corrected chi connectivity index (χ0v) is 31.0. The third-order valence-corrected chi connectivity index (χ3v) is 9.09. The van der Waals surface area contributed by atoms with Crippen molar-refractivity contribution in [1.29, 1.82) is 0 Å². The number of rotatable bonds is 10. The van der Waals surface area contributed by atoms with Gasteiger partial charge in [0, 0.05) is 69.7 Å². The molecule has 0 radical (unpaired) electrons. The molecular formula is C27H28N2Na2O6S4. The van der Waals surface area contributed by atoms with Crippen molar-refractivity contribution in [1.82, 2.24) is 0 Å². The van der Waals surface area contributed by atoms with Crippen LogP contribution in [0.25, 0.3) is 20.9 Å². The smallest absolute Gasteiger partial charge is 0.545 e. The SMILES string of the molecule is CC(C)(CC=O)CC=O.CNc1scc(-c2cccs2)c1C(=O)[O-].CNc1scc(-c2cccs2)c1C(=O)[O-].[Na+].[Na+]. The first-order valence-corrected chi connectivity index (χ1v) is 15.1. The normalized spacial score (nSPS) is 9.85. The van der Waals surface area contributed by atoms with Crippen molar-refractivity contribution >= 4 is 79.9 Å². The summed E-state index contributed by atoms with van der Waals surface area (Å²) in [5.74, 6) is -2.27. The third-order valence-electron chi connectivity index (χ3n) is 5.29. The third kappa shape index (κ3) is 11.7. The number of thiophene rings is 4. The first kappa shape index (κ1) is 39.7. The summed E-state index contributed by atoms with van der Waals surface area (Å²) in [6.07, 6.45) is 2.63. The van der Waals surface area contributed by atoms with E-state index in [0.29, 0.717) is 22.8 Å². The Morgan fingerprint density at radius 2 is 1.12 bits per heavy atom. The molecule has 4 heterocycles. The minimum absolute atomic E-state index is 0. The second-order valence-corrected chi connectivity index (χ2v) is 12.3. The molecule has 8 nitrogen and oxygen atoms in total. The van der Waals surface area contributed by atoms with E-state index < -0.39 is 11.9 Å². The van der Waals surface area contributed by atoms with Crippen molar-refractivity contribution in [2.75, 3.05) is 24.7 Å². The van der Waals surface area contributed by atoms with E-state index in [0.717, 1.165) is 33.5 Å². The Labute approximate surface area is 299 Å². The van der Waals surface area contributed by atoms with E-state index in [1.807, 2.05) is 59.6 Å². The Morgan fingerprint density at radius 1 is 0.756 bits per heavy atom. The Morgan fingerprint density at radius 3 is 1.37 bits per heavy atom. The van der Waals surface area contributed by atoms with Crippen LogP contribution in [-0.2, 0) is 9.59 Å². The average molecular weight is 651 g/mol. The molecule has 0 saturated carbocycles. The summed E-state index contributed by atoms with van der Waals surface area (Å²) in [6.45, 7) is 3.80. The predicted octanol–water partition coefficient (Wildman–Crippen LogP) is -1.04. The number of hydrogen-bond acceptors (Lipinski definition) is 12. The van der Waals surface area contributed by atoms with Gasteiger partial charge in [-0.25, -0.2) is 0 Å². The maximum Gasteiger partial charge on any atom is 1.00 e. The molecule has 0 aliphatic rings. The number of anilines is 2. The van der Waals surface area contributed by atoms with Crippen molar-refractivity contribution in [3.05, 3.63) is 56.9 Å². The van der Waals surface area contributed by atoms with Gasteiger partial charge in [0.2, 0.25) is 0 Å². The average Bonchev–Trinajstić information content (AvgIpc) is 3.69. The molecule has 0 amide bonds. The van der Waals surface area contributed by atoms with Crippen molar-refractivity contribution in [3.63, 3.8) is 0 Å². The van der Waals surface area contributed by atoms with Gasteiger partial charge in [-0.3, -0.25) is 0 Å². The first-order valence-electron chi connectivity index (χ1n) is 11.6. The molecule has 0 saturated heterocycles. The largest absolute Gasteiger partial charge is 1.00 e. The quantitative estimate of drug-likeness (QED) is 0.164. The Bertz CT molecular complexity index is 1260. The van der Waals surface area contributed by atoms with E-state index in [1.165, 1.54) is 45.3 Å². The molecule has 0 spiro atoms. The molecule has 0 unspecified atom stereocenters. The molecule has 14 heteroatoms. The van der Waals surface area contributed by atoms with Crippen molar-refractivity contribution < 1.29 is 88.5 Å². The second kappa shape index (κ2) is 19.8. The molecule has 208 valence electrons. The van der Waals surface area contributed by atoms with Crippen LogP contribution in [0.15, 0.2) is 45.8 Å². The molecular weight excluding hydrogens is 623 g/mol. The van der Waals surface area contributed by atoms with Gasteiger partial charge in [0.25, 0.3) is 0 Å². The van der Waals surface area contributed by atoms with Gasteiger partial charge in [0.05, 0.1) is 21.9 Å². The van der Waals surface area contributed by atoms with Gasteiger partial charge >= 0.3 is 59.1 Å².